The number of hydrogen-bond donors (Lipinski definition) is 0. The summed E-state index contributed by atoms with van der Waals surface area (Å²) >= 11 is 0. The lowest BCUT2D eigenvalue weighted by molar-refractivity contribution is 1.16. The Morgan fingerprint density at radius 1 is 0.933 bits per heavy atom. The van der Waals surface area contributed by atoms with E-state index in [0.717, 1.165) is 33.1 Å². The van der Waals surface area contributed by atoms with Crippen LogP contribution in [0.4, 0.5) is 0 Å². The number of aromatic nitrogens is 3. The van der Waals surface area contributed by atoms with Crippen molar-refractivity contribution in [2.45, 2.75) is 6.92 Å². The van der Waals surface area contributed by atoms with E-state index in [9.17, 15) is 0 Å². The third-order valence-electron chi connectivity index (χ3n) is 2.69. The summed E-state index contributed by atoms with van der Waals surface area (Å²) in [4.78, 5) is 13.0. The molecule has 0 spiro atoms. The van der Waals surface area contributed by atoms with E-state index in [0.29, 0.717) is 0 Å². The minimum Gasteiger partial charge on any atom is -0.254 e. The van der Waals surface area contributed by atoms with Crippen LogP contribution in [0.2, 0.25) is 0 Å². The maximum absolute atomic E-state index is 4.35. The van der Waals surface area contributed by atoms with Crippen LogP contribution >= 0.6 is 0 Å². The average Bonchev–Trinajstić information content (AvgIpc) is 2.55. The molecule has 0 saturated carbocycles. The molecular weight excluding hydrogens is 186 g/mol. The van der Waals surface area contributed by atoms with Crippen LogP contribution in [0.3, 0.4) is 0 Å². The Balaban J connectivity index is 2.58. The van der Waals surface area contributed by atoms with Crippen molar-refractivity contribution in [1.29, 1.82) is 0 Å². The van der Waals surface area contributed by atoms with E-state index in [1.807, 2.05) is 13.0 Å². The number of fused-ring (bicyclic) bond motifs is 3. The number of nitrogens with zero attached hydrogens (tertiary/aromatic N) is 3. The van der Waals surface area contributed by atoms with Gasteiger partial charge in [-0.15, -0.1) is 0 Å². The Bertz CT molecular complexity index is 659. The van der Waals surface area contributed by atoms with Crippen molar-refractivity contribution >= 4 is 12.2 Å². The monoisotopic (exact) mass is 195 g/mol. The molecule has 0 unspecified atom stereocenters. The second kappa shape index (κ2) is 2.73. The van der Waals surface area contributed by atoms with Crippen molar-refractivity contribution in [3.05, 3.63) is 40.8 Å². The molecule has 0 saturated heterocycles. The van der Waals surface area contributed by atoms with Gasteiger partial charge in [-0.2, -0.15) is 0 Å². The Hall–Kier alpha value is -2.03. The topological polar surface area (TPSA) is 38.7 Å². The van der Waals surface area contributed by atoms with Gasteiger partial charge in [0.1, 0.15) is 5.69 Å². The van der Waals surface area contributed by atoms with Crippen LogP contribution < -0.4 is 10.4 Å². The van der Waals surface area contributed by atoms with Gasteiger partial charge in [-0.3, -0.25) is 15.0 Å². The molecule has 2 aromatic heterocycles. The predicted octanol–water partition coefficient (Wildman–Crippen LogP) is 0.481. The predicted molar refractivity (Wildman–Crippen MR) is 58.2 cm³/mol. The fourth-order valence-electron chi connectivity index (χ4n) is 2.00. The van der Waals surface area contributed by atoms with E-state index in [1.165, 1.54) is 0 Å². The van der Waals surface area contributed by atoms with Crippen LogP contribution in [0.5, 0.6) is 0 Å². The van der Waals surface area contributed by atoms with Crippen molar-refractivity contribution in [3.8, 4) is 11.4 Å². The van der Waals surface area contributed by atoms with E-state index in [-0.39, 0.29) is 0 Å². The highest BCUT2D eigenvalue weighted by Gasteiger charge is 2.20. The molecule has 1 aliphatic carbocycles. The molecule has 2 aromatic rings. The number of pyridine rings is 1. The Morgan fingerprint density at radius 3 is 2.40 bits per heavy atom. The quantitative estimate of drug-likeness (QED) is 0.613. The van der Waals surface area contributed by atoms with Crippen LogP contribution in [-0.4, -0.2) is 15.0 Å². The molecule has 0 fully saturated rings. The fraction of sp³-hybridized carbons (Fsp3) is 0.0833. The molecule has 0 bridgehead atoms. The number of hydrogen-bond acceptors (Lipinski definition) is 3. The van der Waals surface area contributed by atoms with E-state index < -0.39 is 0 Å². The van der Waals surface area contributed by atoms with Crippen LogP contribution in [0, 0.1) is 0 Å². The summed E-state index contributed by atoms with van der Waals surface area (Å²) in [6.45, 7) is 6.05. The molecule has 0 atom stereocenters. The van der Waals surface area contributed by atoms with E-state index in [2.05, 4.69) is 21.5 Å². The van der Waals surface area contributed by atoms with Gasteiger partial charge in [0.25, 0.3) is 0 Å². The van der Waals surface area contributed by atoms with E-state index >= 15 is 0 Å². The summed E-state index contributed by atoms with van der Waals surface area (Å²) in [6, 6.07) is 1.91. The molecule has 0 N–H and O–H groups in total. The Labute approximate surface area is 86.9 Å². The largest absolute Gasteiger partial charge is 0.254 e. The van der Waals surface area contributed by atoms with Crippen LogP contribution in [0.15, 0.2) is 24.7 Å². The molecule has 0 aliphatic heterocycles. The molecule has 0 amide bonds. The molecule has 3 rings (SSSR count). The van der Waals surface area contributed by atoms with Gasteiger partial charge >= 0.3 is 0 Å². The summed E-state index contributed by atoms with van der Waals surface area (Å²) in [7, 11) is 0. The van der Waals surface area contributed by atoms with Crippen LogP contribution in [-0.2, 0) is 0 Å². The molecular formula is C12H9N3. The van der Waals surface area contributed by atoms with Crippen LogP contribution in [0.25, 0.3) is 23.5 Å². The van der Waals surface area contributed by atoms with Crippen molar-refractivity contribution in [1.82, 2.24) is 15.0 Å². The first-order valence-electron chi connectivity index (χ1n) is 4.75. The third kappa shape index (κ3) is 0.973. The minimum absolute atomic E-state index is 0.871. The normalized spacial score (nSPS) is 12.5. The van der Waals surface area contributed by atoms with Crippen molar-refractivity contribution < 1.29 is 0 Å². The van der Waals surface area contributed by atoms with Crippen molar-refractivity contribution in [3.63, 3.8) is 0 Å². The maximum Gasteiger partial charge on any atom is 0.115 e. The second-order valence-electron chi connectivity index (χ2n) is 3.57. The van der Waals surface area contributed by atoms with Gasteiger partial charge in [-0.25, -0.2) is 0 Å². The first-order chi connectivity index (χ1) is 7.29. The van der Waals surface area contributed by atoms with Crippen molar-refractivity contribution in [2.24, 2.45) is 0 Å². The molecule has 15 heavy (non-hydrogen) atoms. The second-order valence-corrected chi connectivity index (χ2v) is 3.57. The van der Waals surface area contributed by atoms with Gasteiger partial charge in [0.2, 0.25) is 0 Å². The zero-order chi connectivity index (χ0) is 10.4. The number of rotatable bonds is 0. The molecule has 1 aliphatic rings. The van der Waals surface area contributed by atoms with Gasteiger partial charge in [0.15, 0.2) is 0 Å². The summed E-state index contributed by atoms with van der Waals surface area (Å²) in [5.41, 5.74) is 3.82. The SMILES string of the molecule is C=c1ccnc2c1=C(C)c1nccnc1-2. The molecule has 0 radical (unpaired) electrons. The van der Waals surface area contributed by atoms with Gasteiger partial charge in [-0.05, 0) is 23.8 Å². The zero-order valence-corrected chi connectivity index (χ0v) is 8.36. The van der Waals surface area contributed by atoms with Gasteiger partial charge in [-0.1, -0.05) is 6.58 Å². The lowest BCUT2D eigenvalue weighted by atomic mass is 10.2. The van der Waals surface area contributed by atoms with Crippen LogP contribution in [0.1, 0.15) is 12.6 Å². The molecule has 3 heteroatoms. The summed E-state index contributed by atoms with van der Waals surface area (Å²) in [5, 5.41) is 2.07. The molecule has 3 nitrogen and oxygen atoms in total. The van der Waals surface area contributed by atoms with E-state index in [1.54, 1.807) is 18.6 Å². The minimum atomic E-state index is 0.871. The summed E-state index contributed by atoms with van der Waals surface area (Å²) < 4.78 is 0. The van der Waals surface area contributed by atoms with Gasteiger partial charge in [0, 0.05) is 23.8 Å². The third-order valence-corrected chi connectivity index (χ3v) is 2.69. The smallest absolute Gasteiger partial charge is 0.115 e. The first kappa shape index (κ1) is 8.29. The fourth-order valence-corrected chi connectivity index (χ4v) is 2.00. The molecule has 72 valence electrons. The maximum atomic E-state index is 4.35. The van der Waals surface area contributed by atoms with Gasteiger partial charge < -0.3 is 0 Å². The summed E-state index contributed by atoms with van der Waals surface area (Å²) in [6.07, 6.45) is 5.16. The molecule has 2 heterocycles. The Kier molecular flexibility index (Phi) is 1.51. The van der Waals surface area contributed by atoms with E-state index in [4.69, 9.17) is 0 Å². The standard InChI is InChI=1S/C12H9N3/c1-7-3-4-13-11-9(7)8(2)10-12(11)15-6-5-14-10/h3-6H,1H2,2H3. The highest BCUT2D eigenvalue weighted by Crippen LogP contribution is 2.24. The summed E-state index contributed by atoms with van der Waals surface area (Å²) in [5.74, 6) is 0. The van der Waals surface area contributed by atoms with Crippen molar-refractivity contribution in [2.75, 3.05) is 0 Å². The molecule has 0 aromatic carbocycles. The first-order valence-corrected chi connectivity index (χ1v) is 4.75. The zero-order valence-electron chi connectivity index (χ0n) is 8.36. The highest BCUT2D eigenvalue weighted by molar-refractivity contribution is 5.82. The average molecular weight is 195 g/mol. The Morgan fingerprint density at radius 2 is 1.60 bits per heavy atom. The lowest BCUT2D eigenvalue weighted by Gasteiger charge is -1.97. The lowest BCUT2D eigenvalue weighted by Crippen LogP contribution is -2.25. The van der Waals surface area contributed by atoms with Gasteiger partial charge in [0.05, 0.1) is 11.4 Å². The highest BCUT2D eigenvalue weighted by atomic mass is 14.8.